The maximum atomic E-state index is 13.0. The monoisotopic (exact) mass is 809 g/mol. The van der Waals surface area contributed by atoms with E-state index in [2.05, 4.69) is 21.3 Å². The van der Waals surface area contributed by atoms with E-state index < -0.39 is 54.6 Å². The Morgan fingerprint density at radius 2 is 1.04 bits per heavy atom. The predicted octanol–water partition coefficient (Wildman–Crippen LogP) is -1.47. The molecule has 1 aromatic rings. The molecule has 0 bridgehead atoms. The molecule has 1 aromatic carbocycles. The van der Waals surface area contributed by atoms with Gasteiger partial charge in [-0.25, -0.2) is 0 Å². The molecule has 2 rings (SSSR count). The van der Waals surface area contributed by atoms with Crippen molar-refractivity contribution in [3.8, 4) is 0 Å². The van der Waals surface area contributed by atoms with E-state index in [1.54, 1.807) is 7.11 Å². The quantitative estimate of drug-likeness (QED) is 0.0454. The number of rotatable bonds is 35. The van der Waals surface area contributed by atoms with Crippen LogP contribution < -0.4 is 21.3 Å². The van der Waals surface area contributed by atoms with Gasteiger partial charge in [0.1, 0.15) is 6.04 Å². The molecule has 0 fully saturated rings. The van der Waals surface area contributed by atoms with Crippen LogP contribution in [0.25, 0.3) is 0 Å². The lowest BCUT2D eigenvalue weighted by Crippen LogP contribution is -2.56. The fourth-order valence-corrected chi connectivity index (χ4v) is 4.92. The van der Waals surface area contributed by atoms with Crippen LogP contribution in [0.1, 0.15) is 18.9 Å². The van der Waals surface area contributed by atoms with Crippen LogP contribution >= 0.6 is 0 Å². The molecule has 1 heterocycles. The number of imide groups is 1. The SMILES string of the molecule is COCCOCCOCCOCCOCCOCCOCCOCCC(=O)NCC(C(=O)NCC(=O)NCC(=O)NC(C)Cc1ccccc1)N1C(=O)C=CC1=O. The van der Waals surface area contributed by atoms with E-state index in [0.29, 0.717) is 90.6 Å². The Balaban J connectivity index is 1.49. The summed E-state index contributed by atoms with van der Waals surface area (Å²) < 4.78 is 42.7. The molecule has 19 nitrogen and oxygen atoms in total. The number of benzene rings is 1. The highest BCUT2D eigenvalue weighted by Gasteiger charge is 2.36. The Kier molecular flexibility index (Phi) is 27.2. The van der Waals surface area contributed by atoms with E-state index in [0.717, 1.165) is 17.7 Å². The molecule has 6 amide bonds. The van der Waals surface area contributed by atoms with Crippen LogP contribution in [0.15, 0.2) is 42.5 Å². The van der Waals surface area contributed by atoms with E-state index in [-0.39, 0.29) is 38.8 Å². The zero-order chi connectivity index (χ0) is 41.4. The van der Waals surface area contributed by atoms with Crippen molar-refractivity contribution < 1.29 is 66.7 Å². The van der Waals surface area contributed by atoms with Crippen LogP contribution in [-0.4, -0.2) is 178 Å². The lowest BCUT2D eigenvalue weighted by molar-refractivity contribution is -0.146. The normalized spacial score (nSPS) is 13.4. The number of nitrogens with one attached hydrogen (secondary N) is 4. The summed E-state index contributed by atoms with van der Waals surface area (Å²) in [6, 6.07) is 8.00. The van der Waals surface area contributed by atoms with Crippen molar-refractivity contribution in [1.82, 2.24) is 26.2 Å². The minimum absolute atomic E-state index is 0.0584. The summed E-state index contributed by atoms with van der Waals surface area (Å²) in [4.78, 5) is 75.4. The van der Waals surface area contributed by atoms with Crippen molar-refractivity contribution in [1.29, 1.82) is 0 Å². The molecule has 19 heteroatoms. The number of carbonyl (C=O) groups excluding carboxylic acids is 6. The van der Waals surface area contributed by atoms with Gasteiger partial charge < -0.3 is 59.2 Å². The van der Waals surface area contributed by atoms with E-state index in [1.807, 2.05) is 37.3 Å². The molecular weight excluding hydrogens is 750 g/mol. The highest BCUT2D eigenvalue weighted by atomic mass is 16.6. The molecule has 0 aromatic heterocycles. The average Bonchev–Trinajstić information content (AvgIpc) is 3.53. The van der Waals surface area contributed by atoms with Gasteiger partial charge in [0.2, 0.25) is 23.6 Å². The van der Waals surface area contributed by atoms with Crippen molar-refractivity contribution in [2.75, 3.05) is 126 Å². The fraction of sp³-hybridized carbons (Fsp3) is 0.632. The number of hydrogen-bond donors (Lipinski definition) is 4. The first-order valence-electron chi connectivity index (χ1n) is 18.9. The Bertz CT molecular complexity index is 1330. The molecule has 2 atom stereocenters. The maximum absolute atomic E-state index is 13.0. The van der Waals surface area contributed by atoms with Gasteiger partial charge in [0, 0.05) is 38.3 Å². The Morgan fingerprint density at radius 3 is 1.53 bits per heavy atom. The van der Waals surface area contributed by atoms with Crippen molar-refractivity contribution in [3.63, 3.8) is 0 Å². The van der Waals surface area contributed by atoms with E-state index in [1.165, 1.54) is 0 Å². The van der Waals surface area contributed by atoms with E-state index in [4.69, 9.17) is 37.9 Å². The third kappa shape index (κ3) is 24.1. The molecule has 2 unspecified atom stereocenters. The minimum atomic E-state index is -1.42. The van der Waals surface area contributed by atoms with Crippen LogP contribution in [0.4, 0.5) is 0 Å². The molecule has 0 saturated carbocycles. The number of amides is 6. The molecule has 0 spiro atoms. The topological polar surface area (TPSA) is 228 Å². The largest absolute Gasteiger partial charge is 0.382 e. The van der Waals surface area contributed by atoms with Crippen LogP contribution in [0.3, 0.4) is 0 Å². The molecule has 320 valence electrons. The van der Waals surface area contributed by atoms with E-state index >= 15 is 0 Å². The molecule has 1 aliphatic rings. The van der Waals surface area contributed by atoms with Gasteiger partial charge in [0.25, 0.3) is 11.8 Å². The average molecular weight is 810 g/mol. The Hall–Kier alpha value is -4.34. The first-order chi connectivity index (χ1) is 27.7. The zero-order valence-corrected chi connectivity index (χ0v) is 33.0. The van der Waals surface area contributed by atoms with Crippen molar-refractivity contribution in [2.45, 2.75) is 31.8 Å². The molecular formula is C38H59N5O14. The smallest absolute Gasteiger partial charge is 0.254 e. The second-order valence-electron chi connectivity index (χ2n) is 12.4. The number of methoxy groups -OCH3 is 1. The third-order valence-corrected chi connectivity index (χ3v) is 7.75. The summed E-state index contributed by atoms with van der Waals surface area (Å²) in [7, 11) is 1.62. The highest BCUT2D eigenvalue weighted by molar-refractivity contribution is 6.15. The summed E-state index contributed by atoms with van der Waals surface area (Å²) in [6.07, 6.45) is 2.57. The van der Waals surface area contributed by atoms with Crippen LogP contribution in [0.5, 0.6) is 0 Å². The van der Waals surface area contributed by atoms with Gasteiger partial charge in [-0.15, -0.1) is 0 Å². The lowest BCUT2D eigenvalue weighted by atomic mass is 10.1. The molecule has 1 aliphatic heterocycles. The van der Waals surface area contributed by atoms with Gasteiger partial charge in [-0.3, -0.25) is 33.7 Å². The fourth-order valence-electron chi connectivity index (χ4n) is 4.92. The van der Waals surface area contributed by atoms with Gasteiger partial charge in [-0.1, -0.05) is 30.3 Å². The van der Waals surface area contributed by atoms with Crippen molar-refractivity contribution >= 4 is 35.4 Å². The molecule has 0 saturated heterocycles. The second-order valence-corrected chi connectivity index (χ2v) is 12.4. The predicted molar refractivity (Wildman–Crippen MR) is 204 cm³/mol. The minimum Gasteiger partial charge on any atom is -0.382 e. The van der Waals surface area contributed by atoms with Crippen molar-refractivity contribution in [3.05, 3.63) is 48.0 Å². The van der Waals surface area contributed by atoms with Crippen molar-refractivity contribution in [2.24, 2.45) is 0 Å². The van der Waals surface area contributed by atoms with Gasteiger partial charge in [-0.05, 0) is 18.9 Å². The lowest BCUT2D eigenvalue weighted by Gasteiger charge is -2.25. The molecule has 4 N–H and O–H groups in total. The van der Waals surface area contributed by atoms with Crippen LogP contribution in [0, 0.1) is 0 Å². The summed E-state index contributed by atoms with van der Waals surface area (Å²) >= 11 is 0. The third-order valence-electron chi connectivity index (χ3n) is 7.75. The highest BCUT2D eigenvalue weighted by Crippen LogP contribution is 2.09. The number of ether oxygens (including phenoxy) is 8. The number of hydrogen-bond acceptors (Lipinski definition) is 14. The Labute approximate surface area is 333 Å². The Morgan fingerprint density at radius 1 is 0.579 bits per heavy atom. The van der Waals surface area contributed by atoms with Gasteiger partial charge in [0.15, 0.2) is 0 Å². The first kappa shape index (κ1) is 48.8. The second kappa shape index (κ2) is 31.7. The van der Waals surface area contributed by atoms with Crippen LogP contribution in [0.2, 0.25) is 0 Å². The molecule has 57 heavy (non-hydrogen) atoms. The number of carbonyl (C=O) groups is 6. The summed E-state index contributed by atoms with van der Waals surface area (Å²) in [6.45, 7) is 6.71. The number of nitrogens with zero attached hydrogens (tertiary/aromatic N) is 1. The molecule has 0 radical (unpaired) electrons. The zero-order valence-electron chi connectivity index (χ0n) is 33.0. The summed E-state index contributed by atoms with van der Waals surface area (Å²) in [5.41, 5.74) is 1.05. The standard InChI is InChI=1S/C38H59N5O14/c1-30(26-31-6-4-3-5-7-31)42-35(46)29-40-34(45)28-41-38(49)32(43-36(47)8-9-37(43)48)27-39-33(44)10-11-51-14-15-53-18-19-55-22-23-57-25-24-56-21-20-54-17-16-52-13-12-50-2/h3-9,30,32H,10-29H2,1-2H3,(H,39,44)(H,40,45)(H,41,49)(H,42,46). The van der Waals surface area contributed by atoms with Crippen LogP contribution in [-0.2, 0) is 73.1 Å². The maximum Gasteiger partial charge on any atom is 0.254 e. The first-order valence-corrected chi connectivity index (χ1v) is 18.9. The molecule has 0 aliphatic carbocycles. The van der Waals surface area contributed by atoms with E-state index in [9.17, 15) is 28.8 Å². The van der Waals surface area contributed by atoms with Gasteiger partial charge >= 0.3 is 0 Å². The summed E-state index contributed by atoms with van der Waals surface area (Å²) in [5.74, 6) is -3.89. The van der Waals surface area contributed by atoms with Gasteiger partial charge in [0.05, 0.1) is 112 Å². The summed E-state index contributed by atoms with van der Waals surface area (Å²) in [5, 5.41) is 10.1. The van der Waals surface area contributed by atoms with Gasteiger partial charge in [-0.2, -0.15) is 0 Å².